The number of hydrogen-bond acceptors (Lipinski definition) is 5. The molecule has 134 valence electrons. The van der Waals surface area contributed by atoms with Gasteiger partial charge >= 0.3 is 0 Å². The molecule has 2 aromatic heterocycles. The van der Waals surface area contributed by atoms with E-state index in [1.54, 1.807) is 28.6 Å². The minimum absolute atomic E-state index is 0.0154. The van der Waals surface area contributed by atoms with Crippen molar-refractivity contribution in [3.05, 3.63) is 64.9 Å². The molecule has 1 fully saturated rings. The van der Waals surface area contributed by atoms with Crippen molar-refractivity contribution in [1.29, 1.82) is 0 Å². The van der Waals surface area contributed by atoms with Gasteiger partial charge in [-0.2, -0.15) is 11.3 Å². The van der Waals surface area contributed by atoms with Crippen molar-refractivity contribution in [3.63, 3.8) is 0 Å². The van der Waals surface area contributed by atoms with Crippen molar-refractivity contribution >= 4 is 17.2 Å². The highest BCUT2D eigenvalue weighted by molar-refractivity contribution is 7.07. The maximum absolute atomic E-state index is 13.2. The maximum Gasteiger partial charge on any atom is 0.254 e. The number of nitrogens with zero attached hydrogens (tertiary/aromatic N) is 4. The van der Waals surface area contributed by atoms with Crippen LogP contribution >= 0.6 is 11.3 Å². The number of carbonyl (C=O) groups excluding carboxylic acids is 1. The van der Waals surface area contributed by atoms with Crippen LogP contribution in [0.15, 0.2) is 53.7 Å². The second-order valence-corrected chi connectivity index (χ2v) is 7.15. The summed E-state index contributed by atoms with van der Waals surface area (Å²) in [5, 5.41) is 11.8. The number of ether oxygens (including phenoxy) is 1. The van der Waals surface area contributed by atoms with Crippen LogP contribution in [0.5, 0.6) is 0 Å². The molecule has 1 aliphatic heterocycles. The fraction of sp³-hybridized carbons (Fsp3) is 0.316. The van der Waals surface area contributed by atoms with Crippen LogP contribution < -0.4 is 0 Å². The molecule has 0 bridgehead atoms. The molecule has 0 aliphatic carbocycles. The topological polar surface area (TPSA) is 60.2 Å². The van der Waals surface area contributed by atoms with Crippen LogP contribution in [0, 0.1) is 0 Å². The van der Waals surface area contributed by atoms with E-state index in [1.807, 2.05) is 34.5 Å². The van der Waals surface area contributed by atoms with E-state index in [0.29, 0.717) is 18.7 Å². The number of thiophene rings is 1. The third-order valence-corrected chi connectivity index (χ3v) is 5.23. The molecule has 7 heteroatoms. The number of rotatable bonds is 6. The highest BCUT2D eigenvalue weighted by Crippen LogP contribution is 2.19. The lowest BCUT2D eigenvalue weighted by Gasteiger charge is -2.25. The quantitative estimate of drug-likeness (QED) is 0.671. The standard InChI is InChI=1S/C19H20N4O2S/c24-19(16-3-1-4-17(9-16)23-13-20-21-14-23)22(10-15-6-8-26-12-15)11-18-5-2-7-25-18/h1,3-4,6,8-9,12-14,18H,2,5,7,10-11H2/t18-/m1/s1. The van der Waals surface area contributed by atoms with E-state index in [4.69, 9.17) is 4.74 Å². The van der Waals surface area contributed by atoms with Gasteiger partial charge in [0.05, 0.1) is 6.10 Å². The van der Waals surface area contributed by atoms with Crippen molar-refractivity contribution in [3.8, 4) is 5.69 Å². The molecule has 4 rings (SSSR count). The molecule has 1 amide bonds. The predicted octanol–water partition coefficient (Wildman–Crippen LogP) is 3.15. The van der Waals surface area contributed by atoms with Gasteiger partial charge in [0, 0.05) is 30.9 Å². The molecule has 0 unspecified atom stereocenters. The van der Waals surface area contributed by atoms with E-state index in [2.05, 4.69) is 21.6 Å². The summed E-state index contributed by atoms with van der Waals surface area (Å²) in [6.07, 6.45) is 5.44. The van der Waals surface area contributed by atoms with Crippen LogP contribution in [0.3, 0.4) is 0 Å². The smallest absolute Gasteiger partial charge is 0.254 e. The van der Waals surface area contributed by atoms with Crippen LogP contribution in [0.1, 0.15) is 28.8 Å². The molecule has 3 heterocycles. The molecule has 1 aliphatic rings. The van der Waals surface area contributed by atoms with Crippen LogP contribution in [-0.2, 0) is 11.3 Å². The van der Waals surface area contributed by atoms with E-state index >= 15 is 0 Å². The Morgan fingerprint density at radius 2 is 2.19 bits per heavy atom. The van der Waals surface area contributed by atoms with Gasteiger partial charge in [0.25, 0.3) is 5.91 Å². The van der Waals surface area contributed by atoms with Crippen molar-refractivity contribution in [2.24, 2.45) is 0 Å². The molecule has 0 radical (unpaired) electrons. The Morgan fingerprint density at radius 3 is 2.92 bits per heavy atom. The number of benzene rings is 1. The zero-order valence-electron chi connectivity index (χ0n) is 14.3. The summed E-state index contributed by atoms with van der Waals surface area (Å²) in [4.78, 5) is 15.1. The maximum atomic E-state index is 13.2. The lowest BCUT2D eigenvalue weighted by molar-refractivity contribution is 0.0507. The van der Waals surface area contributed by atoms with E-state index in [9.17, 15) is 4.79 Å². The minimum atomic E-state index is 0.0154. The molecule has 1 atom stereocenters. The molecular formula is C19H20N4O2S. The molecule has 26 heavy (non-hydrogen) atoms. The van der Waals surface area contributed by atoms with Gasteiger partial charge in [-0.15, -0.1) is 10.2 Å². The van der Waals surface area contributed by atoms with Gasteiger partial charge in [-0.1, -0.05) is 6.07 Å². The van der Waals surface area contributed by atoms with Crippen LogP contribution in [0.4, 0.5) is 0 Å². The van der Waals surface area contributed by atoms with Gasteiger partial charge in [-0.3, -0.25) is 9.36 Å². The first-order valence-corrected chi connectivity index (χ1v) is 9.61. The number of hydrogen-bond donors (Lipinski definition) is 0. The predicted molar refractivity (Wildman–Crippen MR) is 99.4 cm³/mol. The molecule has 0 spiro atoms. The second kappa shape index (κ2) is 7.80. The molecule has 0 saturated carbocycles. The average Bonchev–Trinajstić information content (AvgIpc) is 3.43. The summed E-state index contributed by atoms with van der Waals surface area (Å²) in [6, 6.07) is 9.61. The lowest BCUT2D eigenvalue weighted by atomic mass is 10.1. The zero-order valence-corrected chi connectivity index (χ0v) is 15.1. The van der Waals surface area contributed by atoms with Crippen LogP contribution in [-0.4, -0.2) is 44.8 Å². The Morgan fingerprint density at radius 1 is 1.31 bits per heavy atom. The Hall–Kier alpha value is -2.51. The van der Waals surface area contributed by atoms with Gasteiger partial charge in [-0.25, -0.2) is 0 Å². The fourth-order valence-electron chi connectivity index (χ4n) is 3.17. The third kappa shape index (κ3) is 3.84. The summed E-state index contributed by atoms with van der Waals surface area (Å²) in [5.74, 6) is 0.0154. The van der Waals surface area contributed by atoms with E-state index < -0.39 is 0 Å². The monoisotopic (exact) mass is 368 g/mol. The first kappa shape index (κ1) is 16.9. The normalized spacial score (nSPS) is 16.7. The highest BCUT2D eigenvalue weighted by Gasteiger charge is 2.24. The van der Waals surface area contributed by atoms with Crippen molar-refractivity contribution in [2.75, 3.05) is 13.2 Å². The van der Waals surface area contributed by atoms with Crippen molar-refractivity contribution in [1.82, 2.24) is 19.7 Å². The van der Waals surface area contributed by atoms with Crippen LogP contribution in [0.2, 0.25) is 0 Å². The summed E-state index contributed by atoms with van der Waals surface area (Å²) in [6.45, 7) is 2.00. The van der Waals surface area contributed by atoms with Gasteiger partial charge < -0.3 is 9.64 Å². The molecule has 0 N–H and O–H groups in total. The molecular weight excluding hydrogens is 348 g/mol. The fourth-order valence-corrected chi connectivity index (χ4v) is 3.83. The summed E-state index contributed by atoms with van der Waals surface area (Å²) >= 11 is 1.65. The average molecular weight is 368 g/mol. The third-order valence-electron chi connectivity index (χ3n) is 4.50. The van der Waals surface area contributed by atoms with Gasteiger partial charge in [0.2, 0.25) is 0 Å². The van der Waals surface area contributed by atoms with Gasteiger partial charge in [0.1, 0.15) is 12.7 Å². The SMILES string of the molecule is O=C(c1cccc(-n2cnnc2)c1)N(Cc1ccsc1)C[C@H]1CCCO1. The largest absolute Gasteiger partial charge is 0.376 e. The number of amides is 1. The Bertz CT molecular complexity index is 842. The lowest BCUT2D eigenvalue weighted by Crippen LogP contribution is -2.36. The first-order chi connectivity index (χ1) is 12.8. The summed E-state index contributed by atoms with van der Waals surface area (Å²) < 4.78 is 7.55. The molecule has 1 aromatic carbocycles. The Balaban J connectivity index is 1.57. The van der Waals surface area contributed by atoms with E-state index in [-0.39, 0.29) is 12.0 Å². The minimum Gasteiger partial charge on any atom is -0.376 e. The summed E-state index contributed by atoms with van der Waals surface area (Å²) in [5.41, 5.74) is 2.68. The highest BCUT2D eigenvalue weighted by atomic mass is 32.1. The Kier molecular flexibility index (Phi) is 5.08. The van der Waals surface area contributed by atoms with Crippen molar-refractivity contribution in [2.45, 2.75) is 25.5 Å². The molecule has 1 saturated heterocycles. The summed E-state index contributed by atoms with van der Waals surface area (Å²) in [7, 11) is 0. The van der Waals surface area contributed by atoms with Gasteiger partial charge in [-0.05, 0) is 53.4 Å². The zero-order chi connectivity index (χ0) is 17.8. The van der Waals surface area contributed by atoms with E-state index in [1.165, 1.54) is 0 Å². The molecule has 6 nitrogen and oxygen atoms in total. The second-order valence-electron chi connectivity index (χ2n) is 6.37. The number of carbonyl (C=O) groups is 1. The van der Waals surface area contributed by atoms with Gasteiger partial charge in [0.15, 0.2) is 0 Å². The first-order valence-electron chi connectivity index (χ1n) is 8.66. The van der Waals surface area contributed by atoms with E-state index in [0.717, 1.165) is 30.7 Å². The molecule has 3 aromatic rings. The Labute approximate surface area is 156 Å². The van der Waals surface area contributed by atoms with Crippen molar-refractivity contribution < 1.29 is 9.53 Å². The number of aromatic nitrogens is 3. The van der Waals surface area contributed by atoms with Crippen LogP contribution in [0.25, 0.3) is 5.69 Å².